The van der Waals surface area contributed by atoms with Gasteiger partial charge in [0, 0.05) is 29.1 Å². The number of pyridine rings is 1. The van der Waals surface area contributed by atoms with Crippen molar-refractivity contribution in [2.45, 2.75) is 6.54 Å². The number of rotatable bonds is 4. The molecule has 0 aliphatic rings. The van der Waals surface area contributed by atoms with Crippen molar-refractivity contribution in [1.82, 2.24) is 23.9 Å². The number of aryl methyl sites for hydroxylation is 1. The number of benzene rings is 1. The number of halogens is 2. The molecule has 0 unspecified atom stereocenters. The van der Waals surface area contributed by atoms with Crippen molar-refractivity contribution in [2.24, 2.45) is 7.05 Å². The number of methoxy groups -OCH3 is 1. The van der Waals surface area contributed by atoms with Crippen molar-refractivity contribution in [3.05, 3.63) is 68.5 Å². The largest absolute Gasteiger partial charge is 0.494 e. The van der Waals surface area contributed by atoms with Gasteiger partial charge in [-0.05, 0) is 18.2 Å². The molecule has 0 aliphatic heterocycles. The summed E-state index contributed by atoms with van der Waals surface area (Å²) in [5.41, 5.74) is 0.223. The van der Waals surface area contributed by atoms with Crippen molar-refractivity contribution in [3.63, 3.8) is 0 Å². The molecule has 0 atom stereocenters. The molecule has 0 amide bonds. The first kappa shape index (κ1) is 21.8. The molecule has 1 aromatic carbocycles. The predicted octanol–water partition coefficient (Wildman–Crippen LogP) is 3.49. The van der Waals surface area contributed by atoms with Crippen LogP contribution in [0.25, 0.3) is 37.2 Å². The van der Waals surface area contributed by atoms with Crippen LogP contribution in [0.15, 0.2) is 46.4 Å². The van der Waals surface area contributed by atoms with E-state index in [9.17, 15) is 19.2 Å². The van der Waals surface area contributed by atoms with Crippen LogP contribution in [0.5, 0.6) is 5.75 Å². The zero-order valence-electron chi connectivity index (χ0n) is 17.7. The van der Waals surface area contributed by atoms with E-state index in [4.69, 9.17) is 16.3 Å². The number of hydrogen-bond acceptors (Lipinski definition) is 7. The van der Waals surface area contributed by atoms with Gasteiger partial charge < -0.3 is 4.74 Å². The zero-order chi connectivity index (χ0) is 24.1. The summed E-state index contributed by atoms with van der Waals surface area (Å²) in [4.78, 5) is 31.7. The number of thiophene rings is 1. The Morgan fingerprint density at radius 3 is 2.76 bits per heavy atom. The number of nitriles is 1. The van der Waals surface area contributed by atoms with Gasteiger partial charge in [0.1, 0.15) is 11.2 Å². The van der Waals surface area contributed by atoms with Crippen LogP contribution in [0.4, 0.5) is 4.39 Å². The zero-order valence-corrected chi connectivity index (χ0v) is 19.3. The average Bonchev–Trinajstić information content (AvgIpc) is 3.42. The molecule has 4 aromatic heterocycles. The summed E-state index contributed by atoms with van der Waals surface area (Å²) in [6.45, 7) is -0.291. The van der Waals surface area contributed by atoms with E-state index in [1.54, 1.807) is 30.2 Å². The minimum Gasteiger partial charge on any atom is -0.494 e. The van der Waals surface area contributed by atoms with E-state index in [-0.39, 0.29) is 33.2 Å². The molecule has 4 heterocycles. The molecule has 5 rings (SSSR count). The van der Waals surface area contributed by atoms with E-state index >= 15 is 0 Å². The summed E-state index contributed by atoms with van der Waals surface area (Å²) < 4.78 is 23.1. The van der Waals surface area contributed by atoms with Gasteiger partial charge in [-0.15, -0.1) is 11.3 Å². The lowest BCUT2D eigenvalue weighted by atomic mass is 10.1. The molecule has 0 bridgehead atoms. The summed E-state index contributed by atoms with van der Waals surface area (Å²) in [6, 6.07) is 6.10. The van der Waals surface area contributed by atoms with Gasteiger partial charge in [0.15, 0.2) is 11.6 Å². The Bertz CT molecular complexity index is 1780. The van der Waals surface area contributed by atoms with Crippen LogP contribution in [-0.2, 0) is 13.6 Å². The fraction of sp³-hybridized carbons (Fsp3) is 0.136. The summed E-state index contributed by atoms with van der Waals surface area (Å²) in [7, 11) is 3.02. The molecule has 12 heteroatoms. The molecule has 0 spiro atoms. The van der Waals surface area contributed by atoms with Gasteiger partial charge in [-0.1, -0.05) is 11.6 Å². The lowest BCUT2D eigenvalue weighted by Crippen LogP contribution is -2.38. The van der Waals surface area contributed by atoms with E-state index < -0.39 is 17.1 Å². The maximum atomic E-state index is 14.1. The first-order valence-corrected chi connectivity index (χ1v) is 11.0. The molecule has 9 nitrogen and oxygen atoms in total. The van der Waals surface area contributed by atoms with Crippen molar-refractivity contribution < 1.29 is 9.13 Å². The summed E-state index contributed by atoms with van der Waals surface area (Å²) in [5.74, 6) is -0.643. The quantitative estimate of drug-likeness (QED) is 0.377. The third kappa shape index (κ3) is 3.19. The molecule has 0 radical (unpaired) electrons. The molecular weight excluding hydrogens is 483 g/mol. The average molecular weight is 497 g/mol. The number of hydrogen-bond donors (Lipinski definition) is 0. The predicted molar refractivity (Wildman–Crippen MR) is 126 cm³/mol. The number of aromatic nitrogens is 5. The topological polar surface area (TPSA) is 108 Å². The highest BCUT2D eigenvalue weighted by Gasteiger charge is 2.22. The maximum absolute atomic E-state index is 14.1. The fourth-order valence-electron chi connectivity index (χ4n) is 3.87. The number of ether oxygens (including phenoxy) is 1. The van der Waals surface area contributed by atoms with Crippen LogP contribution >= 0.6 is 22.9 Å². The third-order valence-corrected chi connectivity index (χ3v) is 6.88. The molecule has 0 fully saturated rings. The Morgan fingerprint density at radius 2 is 2.03 bits per heavy atom. The van der Waals surface area contributed by atoms with E-state index in [1.807, 2.05) is 6.07 Å². The van der Waals surface area contributed by atoms with Gasteiger partial charge in [-0.3, -0.25) is 19.0 Å². The summed E-state index contributed by atoms with van der Waals surface area (Å²) in [5, 5.41) is 14.3. The number of nitrogens with zero attached hydrogens (tertiary/aromatic N) is 6. The van der Waals surface area contributed by atoms with Gasteiger partial charge in [0.2, 0.25) is 0 Å². The Hall–Kier alpha value is -4.01. The van der Waals surface area contributed by atoms with Crippen molar-refractivity contribution >= 4 is 44.1 Å². The molecule has 0 saturated carbocycles. The Kier molecular flexibility index (Phi) is 5.19. The molecule has 0 saturated heterocycles. The van der Waals surface area contributed by atoms with Crippen LogP contribution in [0.1, 0.15) is 0 Å². The van der Waals surface area contributed by atoms with Crippen LogP contribution in [0.3, 0.4) is 0 Å². The molecule has 5 aromatic rings. The minimum atomic E-state index is -0.693. The van der Waals surface area contributed by atoms with Crippen LogP contribution in [0, 0.1) is 17.1 Å². The van der Waals surface area contributed by atoms with E-state index in [1.165, 1.54) is 23.9 Å². The Morgan fingerprint density at radius 1 is 1.24 bits per heavy atom. The van der Waals surface area contributed by atoms with Crippen molar-refractivity contribution in [2.75, 3.05) is 7.11 Å². The van der Waals surface area contributed by atoms with Gasteiger partial charge >= 0.3 is 5.69 Å². The maximum Gasteiger partial charge on any atom is 0.337 e. The second-order valence-electron chi connectivity index (χ2n) is 7.32. The first-order valence-electron chi connectivity index (χ1n) is 9.81. The third-order valence-electron chi connectivity index (χ3n) is 5.42. The highest BCUT2D eigenvalue weighted by Crippen LogP contribution is 2.39. The van der Waals surface area contributed by atoms with Crippen LogP contribution < -0.4 is 16.0 Å². The summed E-state index contributed by atoms with van der Waals surface area (Å²) >= 11 is 7.36. The monoisotopic (exact) mass is 496 g/mol. The first-order chi connectivity index (χ1) is 16.3. The second-order valence-corrected chi connectivity index (χ2v) is 8.78. The van der Waals surface area contributed by atoms with Crippen molar-refractivity contribution in [1.29, 1.82) is 5.26 Å². The van der Waals surface area contributed by atoms with E-state index in [0.29, 0.717) is 21.3 Å². The Labute approximate surface area is 199 Å². The lowest BCUT2D eigenvalue weighted by Gasteiger charge is -2.11. The highest BCUT2D eigenvalue weighted by atomic mass is 35.5. The lowest BCUT2D eigenvalue weighted by molar-refractivity contribution is 0.387. The Balaban J connectivity index is 1.87. The number of fused-ring (bicyclic) bond motifs is 2. The molecule has 0 N–H and O–H groups in total. The van der Waals surface area contributed by atoms with Crippen molar-refractivity contribution in [3.8, 4) is 27.9 Å². The smallest absolute Gasteiger partial charge is 0.337 e. The molecule has 170 valence electrons. The molecule has 34 heavy (non-hydrogen) atoms. The van der Waals surface area contributed by atoms with E-state index in [0.717, 1.165) is 22.0 Å². The SMILES string of the molecule is COc1cc(-c2cc3c(s2)c(=O)n(-c2cncc4cnn(C)c24)c(=O)n3CC#N)c(Cl)cc1F. The second kappa shape index (κ2) is 8.09. The van der Waals surface area contributed by atoms with Gasteiger partial charge in [-0.25, -0.2) is 13.8 Å². The molecular formula is C22H14ClFN6O3S. The normalized spacial score (nSPS) is 11.3. The van der Waals surface area contributed by atoms with Gasteiger partial charge in [-0.2, -0.15) is 10.4 Å². The van der Waals surface area contributed by atoms with Crippen LogP contribution in [0.2, 0.25) is 5.02 Å². The standard InChI is InChI=1S/C22H14ClFN6O3S/c1-28-19-11(9-27-28)8-26-10-16(19)30-21(31)20-15(29(4-3-25)22(30)32)7-18(34-20)12-5-17(33-2)14(24)6-13(12)23/h5-10H,4H2,1-2H3. The summed E-state index contributed by atoms with van der Waals surface area (Å²) in [6.07, 6.45) is 4.57. The van der Waals surface area contributed by atoms with Crippen LogP contribution in [-0.4, -0.2) is 31.0 Å². The van der Waals surface area contributed by atoms with Gasteiger partial charge in [0.05, 0.1) is 47.3 Å². The molecule has 0 aliphatic carbocycles. The van der Waals surface area contributed by atoms with Gasteiger partial charge in [0.25, 0.3) is 5.56 Å². The van der Waals surface area contributed by atoms with E-state index in [2.05, 4.69) is 10.1 Å². The highest BCUT2D eigenvalue weighted by molar-refractivity contribution is 7.22. The fourth-order valence-corrected chi connectivity index (χ4v) is 5.30. The minimum absolute atomic E-state index is 0.0161.